The zero-order valence-electron chi connectivity index (χ0n) is 8.19. The molecule has 0 aliphatic carbocycles. The fourth-order valence-electron chi connectivity index (χ4n) is 1.56. The summed E-state index contributed by atoms with van der Waals surface area (Å²) in [6.45, 7) is 6.39. The molecular weight excluding hydrogens is 187 g/mol. The van der Waals surface area contributed by atoms with Gasteiger partial charge in [0, 0.05) is 0 Å². The average molecular weight is 200 g/mol. The van der Waals surface area contributed by atoms with Crippen LogP contribution in [0.4, 0.5) is 0 Å². The monoisotopic (exact) mass is 200 g/mol. The molecule has 2 N–H and O–H groups in total. The summed E-state index contributed by atoms with van der Waals surface area (Å²) < 4.78 is 15.1. The second-order valence-electron chi connectivity index (χ2n) is 4.04. The second kappa shape index (κ2) is 2.59. The molecule has 0 aromatic rings. The topological polar surface area (TPSA) is 68.2 Å². The molecule has 0 radical (unpaired) electrons. The van der Waals surface area contributed by atoms with Crippen molar-refractivity contribution in [2.75, 3.05) is 0 Å². The van der Waals surface area contributed by atoms with Crippen molar-refractivity contribution in [1.29, 1.82) is 0 Å². The van der Waals surface area contributed by atoms with Crippen molar-refractivity contribution in [1.82, 2.24) is 0 Å². The lowest BCUT2D eigenvalue weighted by Gasteiger charge is -2.64. The van der Waals surface area contributed by atoms with Gasteiger partial charge in [0.15, 0.2) is 5.60 Å². The van der Waals surface area contributed by atoms with Gasteiger partial charge in [-0.1, -0.05) is 6.08 Å². The van der Waals surface area contributed by atoms with E-state index in [4.69, 9.17) is 14.0 Å². The summed E-state index contributed by atoms with van der Waals surface area (Å²) in [6, 6.07) is 0. The standard InChI is InChI=1S/C8H13BO5/c1-4-5-6(2,10)7(3,11)8-12-9(13-8)14-8/h4,10-11H,1,5H2,2-3H3. The molecule has 2 bridgehead atoms. The zero-order valence-corrected chi connectivity index (χ0v) is 8.19. The van der Waals surface area contributed by atoms with E-state index in [0.29, 0.717) is 0 Å². The molecule has 78 valence electrons. The van der Waals surface area contributed by atoms with Crippen LogP contribution in [0.2, 0.25) is 0 Å². The second-order valence-corrected chi connectivity index (χ2v) is 4.04. The Hall–Kier alpha value is -0.395. The minimum Gasteiger partial charge on any atom is -0.387 e. The molecule has 0 amide bonds. The normalized spacial score (nSPS) is 30.7. The number of rotatable bonds is 4. The van der Waals surface area contributed by atoms with Crippen molar-refractivity contribution in [2.24, 2.45) is 0 Å². The predicted molar refractivity (Wildman–Crippen MR) is 47.8 cm³/mol. The summed E-state index contributed by atoms with van der Waals surface area (Å²) in [7, 11) is -0.680. The maximum atomic E-state index is 10.1. The molecule has 2 unspecified atom stereocenters. The highest BCUT2D eigenvalue weighted by molar-refractivity contribution is 6.43. The maximum absolute atomic E-state index is 10.1. The average Bonchev–Trinajstić information content (AvgIpc) is 1.77. The molecule has 3 fully saturated rings. The summed E-state index contributed by atoms with van der Waals surface area (Å²) in [5.41, 5.74) is -3.05. The van der Waals surface area contributed by atoms with Crippen molar-refractivity contribution in [3.05, 3.63) is 12.7 Å². The van der Waals surface area contributed by atoms with Crippen molar-refractivity contribution in [2.45, 2.75) is 37.4 Å². The van der Waals surface area contributed by atoms with Crippen LogP contribution < -0.4 is 0 Å². The first-order chi connectivity index (χ1) is 6.35. The summed E-state index contributed by atoms with van der Waals surface area (Å²) in [5, 5.41) is 20.1. The fourth-order valence-corrected chi connectivity index (χ4v) is 1.56. The van der Waals surface area contributed by atoms with Crippen LogP contribution in [0.15, 0.2) is 12.7 Å². The molecule has 0 saturated carbocycles. The smallest absolute Gasteiger partial charge is 0.387 e. The van der Waals surface area contributed by atoms with E-state index in [9.17, 15) is 10.2 Å². The third-order valence-corrected chi connectivity index (χ3v) is 2.94. The molecule has 2 atom stereocenters. The SMILES string of the molecule is C=CCC(C)(O)C(C)(O)C12OB(O1)O2. The largest absolute Gasteiger partial charge is 0.651 e. The van der Waals surface area contributed by atoms with Crippen molar-refractivity contribution in [3.8, 4) is 0 Å². The van der Waals surface area contributed by atoms with Gasteiger partial charge in [0.1, 0.15) is 5.60 Å². The lowest BCUT2D eigenvalue weighted by molar-refractivity contribution is -0.524. The van der Waals surface area contributed by atoms with Crippen LogP contribution in [0.5, 0.6) is 0 Å². The van der Waals surface area contributed by atoms with Crippen LogP contribution in [0.25, 0.3) is 0 Å². The third kappa shape index (κ3) is 0.974. The van der Waals surface area contributed by atoms with Crippen LogP contribution in [-0.2, 0) is 14.0 Å². The van der Waals surface area contributed by atoms with Gasteiger partial charge in [-0.25, -0.2) is 0 Å². The first-order valence-corrected chi connectivity index (χ1v) is 4.44. The molecule has 3 saturated heterocycles. The summed E-state index contributed by atoms with van der Waals surface area (Å²) in [6.07, 6.45) is 1.72. The van der Waals surface area contributed by atoms with Crippen LogP contribution in [0.3, 0.4) is 0 Å². The van der Waals surface area contributed by atoms with Gasteiger partial charge in [0.25, 0.3) is 5.97 Å². The van der Waals surface area contributed by atoms with Gasteiger partial charge in [0.05, 0.1) is 0 Å². The third-order valence-electron chi connectivity index (χ3n) is 2.94. The van der Waals surface area contributed by atoms with Crippen LogP contribution >= 0.6 is 0 Å². The molecule has 0 aromatic carbocycles. The van der Waals surface area contributed by atoms with E-state index in [1.54, 1.807) is 0 Å². The molecule has 3 rings (SSSR count). The highest BCUT2D eigenvalue weighted by atomic mass is 17.1. The lowest BCUT2D eigenvalue weighted by Crippen LogP contribution is -2.86. The van der Waals surface area contributed by atoms with E-state index in [2.05, 4.69) is 6.58 Å². The minimum absolute atomic E-state index is 0.211. The Bertz CT molecular complexity index is 258. The molecule has 0 spiro atoms. The van der Waals surface area contributed by atoms with E-state index in [-0.39, 0.29) is 6.42 Å². The maximum Gasteiger partial charge on any atom is 0.651 e. The fraction of sp³-hybridized carbons (Fsp3) is 0.750. The van der Waals surface area contributed by atoms with Gasteiger partial charge < -0.3 is 24.2 Å². The van der Waals surface area contributed by atoms with E-state index >= 15 is 0 Å². The van der Waals surface area contributed by atoms with Gasteiger partial charge in [0.2, 0.25) is 0 Å². The quantitative estimate of drug-likeness (QED) is 0.485. The molecule has 6 heteroatoms. The molecule has 5 nitrogen and oxygen atoms in total. The van der Waals surface area contributed by atoms with Crippen molar-refractivity contribution in [3.63, 3.8) is 0 Å². The van der Waals surface area contributed by atoms with Gasteiger partial charge in [-0.3, -0.25) is 0 Å². The Morgan fingerprint density at radius 2 is 1.86 bits per heavy atom. The Morgan fingerprint density at radius 3 is 2.14 bits per heavy atom. The molecule has 14 heavy (non-hydrogen) atoms. The van der Waals surface area contributed by atoms with Crippen molar-refractivity contribution >= 4 is 7.32 Å². The van der Waals surface area contributed by atoms with Crippen LogP contribution in [-0.4, -0.2) is 34.7 Å². The van der Waals surface area contributed by atoms with E-state index < -0.39 is 24.5 Å². The minimum atomic E-state index is -1.64. The summed E-state index contributed by atoms with van der Waals surface area (Å²) in [5.74, 6) is -1.50. The Kier molecular flexibility index (Phi) is 1.87. The summed E-state index contributed by atoms with van der Waals surface area (Å²) in [4.78, 5) is 0. The van der Waals surface area contributed by atoms with E-state index in [1.165, 1.54) is 19.9 Å². The zero-order chi connectivity index (χ0) is 10.6. The molecule has 0 aromatic heterocycles. The van der Waals surface area contributed by atoms with Gasteiger partial charge in [-0.15, -0.1) is 6.58 Å². The summed E-state index contributed by atoms with van der Waals surface area (Å²) >= 11 is 0. The number of hydrogen-bond acceptors (Lipinski definition) is 5. The number of aliphatic hydroxyl groups is 2. The number of hydrogen-bond donors (Lipinski definition) is 2. The van der Waals surface area contributed by atoms with Gasteiger partial charge >= 0.3 is 7.32 Å². The first kappa shape index (κ1) is 10.1. The highest BCUT2D eigenvalue weighted by Gasteiger charge is 2.79. The van der Waals surface area contributed by atoms with Crippen LogP contribution in [0, 0.1) is 0 Å². The Morgan fingerprint density at radius 1 is 1.36 bits per heavy atom. The Labute approximate surface area is 82.4 Å². The van der Waals surface area contributed by atoms with E-state index in [1.807, 2.05) is 0 Å². The first-order valence-electron chi connectivity index (χ1n) is 4.44. The molecule has 3 aliphatic heterocycles. The van der Waals surface area contributed by atoms with Gasteiger partial charge in [-0.05, 0) is 20.3 Å². The van der Waals surface area contributed by atoms with E-state index in [0.717, 1.165) is 0 Å². The lowest BCUT2D eigenvalue weighted by atomic mass is 9.76. The van der Waals surface area contributed by atoms with Gasteiger partial charge in [-0.2, -0.15) is 0 Å². The molecule has 3 aliphatic rings. The Balaban J connectivity index is 2.17. The predicted octanol–water partition coefficient (Wildman–Crippen LogP) is -0.220. The highest BCUT2D eigenvalue weighted by Crippen LogP contribution is 2.53. The van der Waals surface area contributed by atoms with Crippen LogP contribution in [0.1, 0.15) is 20.3 Å². The molecular formula is C8H13BO5. The molecule has 3 heterocycles. The van der Waals surface area contributed by atoms with Crippen molar-refractivity contribution < 1.29 is 24.2 Å².